The summed E-state index contributed by atoms with van der Waals surface area (Å²) in [7, 11) is 1.61. The van der Waals surface area contributed by atoms with E-state index >= 15 is 0 Å². The van der Waals surface area contributed by atoms with E-state index in [1.807, 2.05) is 32.0 Å². The minimum atomic E-state index is -0.197. The standard InChI is InChI=1S/C18H20N4O3/c1-11(25-14-6-4-5-13(9-14)24-3)10-20-18(23)15-7-8-19-17-16(15)21-12(2)22-17/h4-9,11H,10H2,1-3H3,(H,20,23)(H,19,21,22). The summed E-state index contributed by atoms with van der Waals surface area (Å²) in [6.07, 6.45) is 1.38. The van der Waals surface area contributed by atoms with E-state index in [9.17, 15) is 4.79 Å². The first kappa shape index (κ1) is 16.8. The fourth-order valence-corrected chi connectivity index (χ4v) is 2.50. The van der Waals surface area contributed by atoms with Crippen LogP contribution >= 0.6 is 0 Å². The first-order valence-corrected chi connectivity index (χ1v) is 7.97. The molecule has 1 atom stereocenters. The molecule has 0 bridgehead atoms. The van der Waals surface area contributed by atoms with Gasteiger partial charge in [0.05, 0.1) is 24.7 Å². The van der Waals surface area contributed by atoms with Gasteiger partial charge >= 0.3 is 0 Å². The number of rotatable bonds is 6. The second kappa shape index (κ2) is 7.21. The Morgan fingerprint density at radius 1 is 1.32 bits per heavy atom. The highest BCUT2D eigenvalue weighted by molar-refractivity contribution is 6.03. The molecule has 7 heteroatoms. The summed E-state index contributed by atoms with van der Waals surface area (Å²) in [5, 5.41) is 2.88. The number of methoxy groups -OCH3 is 1. The second-order valence-corrected chi connectivity index (χ2v) is 5.70. The third kappa shape index (κ3) is 3.88. The van der Waals surface area contributed by atoms with Gasteiger partial charge in [0, 0.05) is 12.3 Å². The molecule has 3 rings (SSSR count). The Kier molecular flexibility index (Phi) is 4.83. The number of aromatic amines is 1. The van der Waals surface area contributed by atoms with Gasteiger partial charge in [-0.05, 0) is 32.0 Å². The number of aromatic nitrogens is 3. The van der Waals surface area contributed by atoms with Crippen LogP contribution in [-0.2, 0) is 0 Å². The van der Waals surface area contributed by atoms with Crippen molar-refractivity contribution in [3.05, 3.63) is 47.9 Å². The molecule has 2 heterocycles. The van der Waals surface area contributed by atoms with Gasteiger partial charge in [0.25, 0.3) is 5.91 Å². The molecule has 0 aliphatic rings. The van der Waals surface area contributed by atoms with Crippen molar-refractivity contribution in [1.82, 2.24) is 20.3 Å². The second-order valence-electron chi connectivity index (χ2n) is 5.70. The molecule has 1 aromatic carbocycles. The largest absolute Gasteiger partial charge is 0.497 e. The maximum Gasteiger partial charge on any atom is 0.253 e. The SMILES string of the molecule is COc1cccc(OC(C)CNC(=O)c2ccnc3nc(C)[nH]c23)c1. The fourth-order valence-electron chi connectivity index (χ4n) is 2.50. The fraction of sp³-hybridized carbons (Fsp3) is 0.278. The Hall–Kier alpha value is -3.09. The van der Waals surface area contributed by atoms with Crippen LogP contribution < -0.4 is 14.8 Å². The number of amides is 1. The highest BCUT2D eigenvalue weighted by atomic mass is 16.5. The van der Waals surface area contributed by atoms with Crippen molar-refractivity contribution >= 4 is 17.1 Å². The average Bonchev–Trinajstić information content (AvgIpc) is 2.99. The predicted molar refractivity (Wildman–Crippen MR) is 94.0 cm³/mol. The van der Waals surface area contributed by atoms with Crippen LogP contribution in [-0.4, -0.2) is 40.6 Å². The van der Waals surface area contributed by atoms with Gasteiger partial charge in [-0.2, -0.15) is 0 Å². The van der Waals surface area contributed by atoms with Crippen molar-refractivity contribution in [1.29, 1.82) is 0 Å². The molecule has 0 saturated carbocycles. The van der Waals surface area contributed by atoms with Crippen LogP contribution in [0.3, 0.4) is 0 Å². The van der Waals surface area contributed by atoms with E-state index in [1.165, 1.54) is 0 Å². The normalized spacial score (nSPS) is 12.0. The van der Waals surface area contributed by atoms with E-state index in [0.29, 0.717) is 29.0 Å². The lowest BCUT2D eigenvalue weighted by atomic mass is 10.2. The minimum Gasteiger partial charge on any atom is -0.497 e. The number of aryl methyl sites for hydroxylation is 1. The lowest BCUT2D eigenvalue weighted by Crippen LogP contribution is -2.33. The molecule has 0 aliphatic heterocycles. The van der Waals surface area contributed by atoms with Gasteiger partial charge in [0.15, 0.2) is 5.65 Å². The van der Waals surface area contributed by atoms with Crippen molar-refractivity contribution in [2.75, 3.05) is 13.7 Å². The molecule has 1 unspecified atom stereocenters. The lowest BCUT2D eigenvalue weighted by molar-refractivity contribution is 0.0933. The molecule has 130 valence electrons. The minimum absolute atomic E-state index is 0.197. The zero-order chi connectivity index (χ0) is 17.8. The summed E-state index contributed by atoms with van der Waals surface area (Å²) < 4.78 is 11.0. The number of H-pyrrole nitrogens is 1. The van der Waals surface area contributed by atoms with E-state index < -0.39 is 0 Å². The van der Waals surface area contributed by atoms with Crippen molar-refractivity contribution in [3.8, 4) is 11.5 Å². The summed E-state index contributed by atoms with van der Waals surface area (Å²) in [5.74, 6) is 1.94. The molecule has 0 aliphatic carbocycles. The topological polar surface area (TPSA) is 89.1 Å². The number of benzene rings is 1. The summed E-state index contributed by atoms with van der Waals surface area (Å²) in [5.41, 5.74) is 1.68. The van der Waals surface area contributed by atoms with Crippen LogP contribution in [0, 0.1) is 6.92 Å². The third-order valence-electron chi connectivity index (χ3n) is 3.68. The molecule has 3 aromatic rings. The zero-order valence-electron chi connectivity index (χ0n) is 14.4. The van der Waals surface area contributed by atoms with E-state index in [0.717, 1.165) is 11.6 Å². The van der Waals surface area contributed by atoms with E-state index in [4.69, 9.17) is 9.47 Å². The third-order valence-corrected chi connectivity index (χ3v) is 3.68. The Labute approximate surface area is 145 Å². The molecule has 2 aromatic heterocycles. The van der Waals surface area contributed by atoms with Crippen LogP contribution in [0.25, 0.3) is 11.2 Å². The number of nitrogens with zero attached hydrogens (tertiary/aromatic N) is 2. The first-order valence-electron chi connectivity index (χ1n) is 7.97. The molecular weight excluding hydrogens is 320 g/mol. The number of nitrogens with one attached hydrogen (secondary N) is 2. The summed E-state index contributed by atoms with van der Waals surface area (Å²) in [4.78, 5) is 23.9. The van der Waals surface area contributed by atoms with Crippen LogP contribution in [0.2, 0.25) is 0 Å². The van der Waals surface area contributed by atoms with Gasteiger partial charge in [-0.3, -0.25) is 4.79 Å². The quantitative estimate of drug-likeness (QED) is 0.719. The monoisotopic (exact) mass is 340 g/mol. The van der Waals surface area contributed by atoms with Crippen molar-refractivity contribution < 1.29 is 14.3 Å². The summed E-state index contributed by atoms with van der Waals surface area (Å²) in [6.45, 7) is 4.09. The molecule has 0 spiro atoms. The van der Waals surface area contributed by atoms with E-state index in [2.05, 4.69) is 20.3 Å². The van der Waals surface area contributed by atoms with Crippen LogP contribution in [0.15, 0.2) is 36.5 Å². The number of hydrogen-bond donors (Lipinski definition) is 2. The Morgan fingerprint density at radius 3 is 2.92 bits per heavy atom. The van der Waals surface area contributed by atoms with Crippen LogP contribution in [0.1, 0.15) is 23.1 Å². The maximum atomic E-state index is 12.5. The van der Waals surface area contributed by atoms with Crippen LogP contribution in [0.4, 0.5) is 0 Å². The van der Waals surface area contributed by atoms with Gasteiger partial charge in [-0.25, -0.2) is 9.97 Å². The van der Waals surface area contributed by atoms with E-state index in [1.54, 1.807) is 25.4 Å². The predicted octanol–water partition coefficient (Wildman–Crippen LogP) is 2.47. The molecule has 25 heavy (non-hydrogen) atoms. The van der Waals surface area contributed by atoms with Gasteiger partial charge in [-0.15, -0.1) is 0 Å². The number of carbonyl (C=O) groups excluding carboxylic acids is 1. The first-order chi connectivity index (χ1) is 12.1. The molecule has 0 radical (unpaired) electrons. The molecular formula is C18H20N4O3. The Morgan fingerprint density at radius 2 is 2.12 bits per heavy atom. The molecule has 0 saturated heterocycles. The number of carbonyl (C=O) groups is 1. The van der Waals surface area contributed by atoms with Crippen molar-refractivity contribution in [2.24, 2.45) is 0 Å². The molecule has 2 N–H and O–H groups in total. The van der Waals surface area contributed by atoms with Gasteiger partial charge in [0.1, 0.15) is 23.4 Å². The number of ether oxygens (including phenoxy) is 2. The van der Waals surface area contributed by atoms with Crippen LogP contribution in [0.5, 0.6) is 11.5 Å². The molecule has 1 amide bonds. The highest BCUT2D eigenvalue weighted by Crippen LogP contribution is 2.20. The number of pyridine rings is 1. The molecule has 0 fully saturated rings. The number of fused-ring (bicyclic) bond motifs is 1. The lowest BCUT2D eigenvalue weighted by Gasteiger charge is -2.16. The average molecular weight is 340 g/mol. The zero-order valence-corrected chi connectivity index (χ0v) is 14.4. The smallest absolute Gasteiger partial charge is 0.253 e. The Bertz CT molecular complexity index is 891. The summed E-state index contributed by atoms with van der Waals surface area (Å²) in [6, 6.07) is 9.02. The molecule has 7 nitrogen and oxygen atoms in total. The Balaban J connectivity index is 1.63. The van der Waals surface area contributed by atoms with Gasteiger partial charge < -0.3 is 19.8 Å². The van der Waals surface area contributed by atoms with Crippen molar-refractivity contribution in [2.45, 2.75) is 20.0 Å². The van der Waals surface area contributed by atoms with Gasteiger partial charge in [0.2, 0.25) is 0 Å². The van der Waals surface area contributed by atoms with Gasteiger partial charge in [-0.1, -0.05) is 6.07 Å². The highest BCUT2D eigenvalue weighted by Gasteiger charge is 2.14. The number of hydrogen-bond acceptors (Lipinski definition) is 5. The summed E-state index contributed by atoms with van der Waals surface area (Å²) >= 11 is 0. The van der Waals surface area contributed by atoms with E-state index in [-0.39, 0.29) is 12.0 Å². The number of imidazole rings is 1. The maximum absolute atomic E-state index is 12.5. The van der Waals surface area contributed by atoms with Crippen molar-refractivity contribution in [3.63, 3.8) is 0 Å².